The number of nitrogens with one attached hydrogen (secondary N) is 1. The molecule has 4 nitrogen and oxygen atoms in total. The van der Waals surface area contributed by atoms with E-state index in [-0.39, 0.29) is 5.75 Å². The number of nitrogens with zero attached hydrogens (tertiary/aromatic N) is 1. The normalized spacial score (nSPS) is 10.0. The van der Waals surface area contributed by atoms with Crippen LogP contribution in [0.4, 0.5) is 0 Å². The lowest BCUT2D eigenvalue weighted by Gasteiger charge is -2.03. The summed E-state index contributed by atoms with van der Waals surface area (Å²) >= 11 is 0. The number of rotatable bonds is 3. The zero-order chi connectivity index (χ0) is 9.80. The van der Waals surface area contributed by atoms with Crippen molar-refractivity contribution < 1.29 is 9.84 Å². The quantitative estimate of drug-likeness (QED) is 0.774. The van der Waals surface area contributed by atoms with Crippen molar-refractivity contribution in [1.29, 1.82) is 0 Å². The molecule has 0 atom stereocenters. The summed E-state index contributed by atoms with van der Waals surface area (Å²) < 4.78 is 5.38. The van der Waals surface area contributed by atoms with E-state index in [1.54, 1.807) is 36.7 Å². The number of hydrogen-bond donors (Lipinski definition) is 2. The van der Waals surface area contributed by atoms with Gasteiger partial charge in [-0.1, -0.05) is 6.07 Å². The minimum Gasteiger partial charge on any atom is -0.508 e. The van der Waals surface area contributed by atoms with E-state index < -0.39 is 0 Å². The van der Waals surface area contributed by atoms with Gasteiger partial charge < -0.3 is 14.8 Å². The zero-order valence-electron chi connectivity index (χ0n) is 7.47. The highest BCUT2D eigenvalue weighted by Crippen LogP contribution is 2.18. The standard InChI is InChI=1S/C10H10N2O2/c13-8-2-1-3-9(6-8)14-7-10-11-4-5-12-10/h1-6,13H,7H2,(H,11,12). The number of hydrogen-bond acceptors (Lipinski definition) is 3. The van der Waals surface area contributed by atoms with Gasteiger partial charge in [-0.05, 0) is 12.1 Å². The van der Waals surface area contributed by atoms with E-state index in [4.69, 9.17) is 9.84 Å². The molecule has 1 heterocycles. The minimum absolute atomic E-state index is 0.196. The molecule has 0 unspecified atom stereocenters. The van der Waals surface area contributed by atoms with E-state index in [9.17, 15) is 0 Å². The highest BCUT2D eigenvalue weighted by Gasteiger charge is 1.97. The first-order chi connectivity index (χ1) is 6.84. The van der Waals surface area contributed by atoms with Gasteiger partial charge in [0.2, 0.25) is 0 Å². The third kappa shape index (κ3) is 2.04. The number of aromatic nitrogens is 2. The van der Waals surface area contributed by atoms with Gasteiger partial charge in [-0.25, -0.2) is 4.98 Å². The van der Waals surface area contributed by atoms with Gasteiger partial charge in [0, 0.05) is 18.5 Å². The molecule has 0 aliphatic rings. The van der Waals surface area contributed by atoms with Crippen LogP contribution in [-0.4, -0.2) is 15.1 Å². The molecule has 2 N–H and O–H groups in total. The summed E-state index contributed by atoms with van der Waals surface area (Å²) in [7, 11) is 0. The average molecular weight is 190 g/mol. The molecule has 0 saturated heterocycles. The average Bonchev–Trinajstić information content (AvgIpc) is 2.67. The van der Waals surface area contributed by atoms with Crippen LogP contribution in [0.2, 0.25) is 0 Å². The van der Waals surface area contributed by atoms with Crippen molar-refractivity contribution >= 4 is 0 Å². The highest BCUT2D eigenvalue weighted by atomic mass is 16.5. The van der Waals surface area contributed by atoms with Crippen molar-refractivity contribution in [3.63, 3.8) is 0 Å². The van der Waals surface area contributed by atoms with Gasteiger partial charge in [-0.15, -0.1) is 0 Å². The molecule has 0 aliphatic carbocycles. The van der Waals surface area contributed by atoms with Crippen LogP contribution in [0, 0.1) is 0 Å². The van der Waals surface area contributed by atoms with Crippen molar-refractivity contribution in [2.24, 2.45) is 0 Å². The molecule has 1 aromatic carbocycles. The number of H-pyrrole nitrogens is 1. The summed E-state index contributed by atoms with van der Waals surface area (Å²) in [6, 6.07) is 6.66. The summed E-state index contributed by atoms with van der Waals surface area (Å²) in [6.07, 6.45) is 3.41. The van der Waals surface area contributed by atoms with Gasteiger partial charge in [0.25, 0.3) is 0 Å². The molecule has 0 fully saturated rings. The molecule has 0 saturated carbocycles. The van der Waals surface area contributed by atoms with Gasteiger partial charge >= 0.3 is 0 Å². The summed E-state index contributed by atoms with van der Waals surface area (Å²) in [4.78, 5) is 6.93. The fourth-order valence-corrected chi connectivity index (χ4v) is 1.10. The third-order valence-corrected chi connectivity index (χ3v) is 1.75. The van der Waals surface area contributed by atoms with Crippen LogP contribution in [0.25, 0.3) is 0 Å². The van der Waals surface area contributed by atoms with Gasteiger partial charge in [0.15, 0.2) is 0 Å². The van der Waals surface area contributed by atoms with Crippen LogP contribution in [-0.2, 0) is 6.61 Å². The predicted octanol–water partition coefficient (Wildman–Crippen LogP) is 1.69. The molecule has 72 valence electrons. The van der Waals surface area contributed by atoms with Crippen LogP contribution in [0.1, 0.15) is 5.82 Å². The van der Waals surface area contributed by atoms with Crippen molar-refractivity contribution in [2.45, 2.75) is 6.61 Å². The molecular formula is C10H10N2O2. The van der Waals surface area contributed by atoms with Crippen LogP contribution in [0.15, 0.2) is 36.7 Å². The maximum Gasteiger partial charge on any atom is 0.146 e. The molecule has 2 rings (SSSR count). The lowest BCUT2D eigenvalue weighted by Crippen LogP contribution is -1.96. The fourth-order valence-electron chi connectivity index (χ4n) is 1.10. The number of aromatic amines is 1. The van der Waals surface area contributed by atoms with Crippen LogP contribution in [0.5, 0.6) is 11.5 Å². The van der Waals surface area contributed by atoms with Crippen LogP contribution < -0.4 is 4.74 Å². The summed E-state index contributed by atoms with van der Waals surface area (Å²) in [5.74, 6) is 1.58. The van der Waals surface area contributed by atoms with Gasteiger partial charge in [0.1, 0.15) is 23.9 Å². The first kappa shape index (κ1) is 8.62. The van der Waals surface area contributed by atoms with E-state index in [1.165, 1.54) is 0 Å². The number of benzene rings is 1. The number of ether oxygens (including phenoxy) is 1. The van der Waals surface area contributed by atoms with E-state index >= 15 is 0 Å². The van der Waals surface area contributed by atoms with Gasteiger partial charge in [-0.2, -0.15) is 0 Å². The Morgan fingerprint density at radius 3 is 3.07 bits per heavy atom. The Labute approximate surface area is 81.2 Å². The smallest absolute Gasteiger partial charge is 0.146 e. The number of phenols is 1. The summed E-state index contributed by atoms with van der Waals surface area (Å²) in [6.45, 7) is 0.371. The molecule has 0 radical (unpaired) electrons. The summed E-state index contributed by atoms with van der Waals surface area (Å²) in [5, 5.41) is 9.17. The van der Waals surface area contributed by atoms with Crippen molar-refractivity contribution in [2.75, 3.05) is 0 Å². The molecule has 0 spiro atoms. The number of phenolic OH excluding ortho intramolecular Hbond substituents is 1. The molecule has 0 amide bonds. The Balaban J connectivity index is 1.98. The molecule has 0 bridgehead atoms. The molecule has 0 aliphatic heterocycles. The molecule has 4 heteroatoms. The molecule has 14 heavy (non-hydrogen) atoms. The van der Waals surface area contributed by atoms with Gasteiger partial charge in [0.05, 0.1) is 0 Å². The molecule has 1 aromatic heterocycles. The Morgan fingerprint density at radius 1 is 1.43 bits per heavy atom. The molecule has 2 aromatic rings. The summed E-state index contributed by atoms with van der Waals surface area (Å²) in [5.41, 5.74) is 0. The van der Waals surface area contributed by atoms with Gasteiger partial charge in [-0.3, -0.25) is 0 Å². The van der Waals surface area contributed by atoms with E-state index in [2.05, 4.69) is 9.97 Å². The van der Waals surface area contributed by atoms with Crippen LogP contribution >= 0.6 is 0 Å². The second-order valence-electron chi connectivity index (χ2n) is 2.82. The fraction of sp³-hybridized carbons (Fsp3) is 0.100. The Kier molecular flexibility index (Phi) is 2.36. The highest BCUT2D eigenvalue weighted by molar-refractivity contribution is 5.31. The Morgan fingerprint density at radius 2 is 2.36 bits per heavy atom. The third-order valence-electron chi connectivity index (χ3n) is 1.75. The Bertz CT molecular complexity index is 398. The first-order valence-electron chi connectivity index (χ1n) is 4.25. The van der Waals surface area contributed by atoms with E-state index in [1.807, 2.05) is 0 Å². The topological polar surface area (TPSA) is 58.1 Å². The van der Waals surface area contributed by atoms with Crippen molar-refractivity contribution in [3.05, 3.63) is 42.5 Å². The van der Waals surface area contributed by atoms with E-state index in [0.29, 0.717) is 12.4 Å². The van der Waals surface area contributed by atoms with Crippen molar-refractivity contribution in [3.8, 4) is 11.5 Å². The predicted molar refractivity (Wildman–Crippen MR) is 51.0 cm³/mol. The zero-order valence-corrected chi connectivity index (χ0v) is 7.47. The second kappa shape index (κ2) is 3.83. The number of imidazole rings is 1. The second-order valence-corrected chi connectivity index (χ2v) is 2.82. The molecular weight excluding hydrogens is 180 g/mol. The van der Waals surface area contributed by atoms with Crippen molar-refractivity contribution in [1.82, 2.24) is 9.97 Å². The monoisotopic (exact) mass is 190 g/mol. The largest absolute Gasteiger partial charge is 0.508 e. The lowest BCUT2D eigenvalue weighted by atomic mass is 10.3. The maximum absolute atomic E-state index is 9.17. The maximum atomic E-state index is 9.17. The number of aromatic hydroxyl groups is 1. The van der Waals surface area contributed by atoms with Crippen LogP contribution in [0.3, 0.4) is 0 Å². The van der Waals surface area contributed by atoms with E-state index in [0.717, 1.165) is 5.82 Å². The first-order valence-corrected chi connectivity index (χ1v) is 4.25. The SMILES string of the molecule is Oc1cccc(OCc2ncc[nH]2)c1. The lowest BCUT2D eigenvalue weighted by molar-refractivity contribution is 0.295. The minimum atomic E-state index is 0.196. The Hall–Kier alpha value is -1.97.